The summed E-state index contributed by atoms with van der Waals surface area (Å²) in [5.74, 6) is 0. The van der Waals surface area contributed by atoms with E-state index in [1.54, 1.807) is 12.1 Å². The molecule has 0 atom stereocenters. The lowest BCUT2D eigenvalue weighted by atomic mass is 9.99. The summed E-state index contributed by atoms with van der Waals surface area (Å²) in [5.41, 5.74) is 8.69. The number of H-pyrrole nitrogens is 1. The standard InChI is InChI=1S/C28H33N3O2S/c1-20-17-21(2)19-23(18-20)28-26(25-8-3-4-9-27(25)31-28)14-16-30-15-6-5-7-22-10-12-24(13-11-22)34(29,32)33/h3-4,8-13,17-19,30-31H,5-7,14-16H2,1-2H3,(H2,29,32,33). The molecule has 1 heterocycles. The highest BCUT2D eigenvalue weighted by Crippen LogP contribution is 2.31. The lowest BCUT2D eigenvalue weighted by Gasteiger charge is -2.09. The molecule has 3 aromatic carbocycles. The van der Waals surface area contributed by atoms with Crippen molar-refractivity contribution in [3.05, 3.63) is 89.0 Å². The summed E-state index contributed by atoms with van der Waals surface area (Å²) in [6, 6.07) is 22.1. The molecule has 0 bridgehead atoms. The fraction of sp³-hybridized carbons (Fsp3) is 0.286. The van der Waals surface area contributed by atoms with E-state index < -0.39 is 10.0 Å². The number of nitrogens with two attached hydrogens (primary N) is 1. The zero-order chi connectivity index (χ0) is 24.1. The Morgan fingerprint density at radius 3 is 2.26 bits per heavy atom. The first kappa shape index (κ1) is 24.2. The number of unbranched alkanes of at least 4 members (excludes halogenated alkanes) is 1. The van der Waals surface area contributed by atoms with Gasteiger partial charge >= 0.3 is 0 Å². The summed E-state index contributed by atoms with van der Waals surface area (Å²) in [4.78, 5) is 3.82. The van der Waals surface area contributed by atoms with Crippen molar-refractivity contribution in [2.75, 3.05) is 13.1 Å². The molecule has 0 unspecified atom stereocenters. The van der Waals surface area contributed by atoms with Crippen molar-refractivity contribution in [3.63, 3.8) is 0 Å². The minimum absolute atomic E-state index is 0.162. The Kier molecular flexibility index (Phi) is 7.51. The Hall–Kier alpha value is -2.93. The molecule has 5 nitrogen and oxygen atoms in total. The largest absolute Gasteiger partial charge is 0.354 e. The van der Waals surface area contributed by atoms with Gasteiger partial charge in [0.1, 0.15) is 0 Å². The van der Waals surface area contributed by atoms with Crippen LogP contribution < -0.4 is 10.5 Å². The fourth-order valence-corrected chi connectivity index (χ4v) is 5.10. The smallest absolute Gasteiger partial charge is 0.238 e. The Morgan fingerprint density at radius 1 is 0.853 bits per heavy atom. The Balaban J connectivity index is 1.32. The SMILES string of the molecule is Cc1cc(C)cc(-c2[nH]c3ccccc3c2CCNCCCCc2ccc(S(N)(=O)=O)cc2)c1. The number of para-hydroxylation sites is 1. The Labute approximate surface area is 202 Å². The number of rotatable bonds is 10. The highest BCUT2D eigenvalue weighted by Gasteiger charge is 2.13. The van der Waals surface area contributed by atoms with Crippen LogP contribution in [0.15, 0.2) is 71.6 Å². The number of aryl methyl sites for hydroxylation is 3. The first-order valence-electron chi connectivity index (χ1n) is 11.8. The summed E-state index contributed by atoms with van der Waals surface area (Å²) in [6.45, 7) is 6.17. The highest BCUT2D eigenvalue weighted by atomic mass is 32.2. The molecule has 0 radical (unpaired) electrons. The van der Waals surface area contributed by atoms with Crippen LogP contribution in [0.25, 0.3) is 22.2 Å². The van der Waals surface area contributed by atoms with Gasteiger partial charge in [-0.2, -0.15) is 0 Å². The maximum absolute atomic E-state index is 11.4. The van der Waals surface area contributed by atoms with E-state index in [2.05, 4.69) is 66.6 Å². The average Bonchev–Trinajstić information content (AvgIpc) is 3.16. The molecule has 0 aliphatic rings. The summed E-state index contributed by atoms with van der Waals surface area (Å²) in [6.07, 6.45) is 3.99. The van der Waals surface area contributed by atoms with Gasteiger partial charge in [-0.1, -0.05) is 47.5 Å². The minimum Gasteiger partial charge on any atom is -0.354 e. The van der Waals surface area contributed by atoms with Crippen LogP contribution in [0, 0.1) is 13.8 Å². The second kappa shape index (κ2) is 10.6. The maximum Gasteiger partial charge on any atom is 0.238 e. The van der Waals surface area contributed by atoms with Gasteiger partial charge in [-0.3, -0.25) is 0 Å². The molecule has 0 spiro atoms. The van der Waals surface area contributed by atoms with Crippen LogP contribution >= 0.6 is 0 Å². The van der Waals surface area contributed by atoms with Gasteiger partial charge in [0.2, 0.25) is 10.0 Å². The number of aromatic nitrogens is 1. The van der Waals surface area contributed by atoms with Crippen molar-refractivity contribution in [2.24, 2.45) is 5.14 Å². The van der Waals surface area contributed by atoms with Crippen molar-refractivity contribution in [1.82, 2.24) is 10.3 Å². The van der Waals surface area contributed by atoms with Crippen LogP contribution in [-0.2, 0) is 22.9 Å². The Morgan fingerprint density at radius 2 is 1.56 bits per heavy atom. The van der Waals surface area contributed by atoms with Crippen molar-refractivity contribution in [2.45, 2.75) is 44.4 Å². The van der Waals surface area contributed by atoms with Gasteiger partial charge in [-0.05, 0) is 99.6 Å². The molecule has 34 heavy (non-hydrogen) atoms. The lowest BCUT2D eigenvalue weighted by molar-refractivity contribution is 0.597. The van der Waals surface area contributed by atoms with Crippen LogP contribution in [-0.4, -0.2) is 26.5 Å². The topological polar surface area (TPSA) is 88.0 Å². The molecule has 0 aliphatic heterocycles. The van der Waals surface area contributed by atoms with Crippen molar-refractivity contribution < 1.29 is 8.42 Å². The molecule has 4 N–H and O–H groups in total. The number of fused-ring (bicyclic) bond motifs is 1. The number of hydrogen-bond donors (Lipinski definition) is 3. The molecule has 1 aromatic heterocycles. The number of benzene rings is 3. The number of sulfonamides is 1. The molecule has 0 saturated heterocycles. The van der Waals surface area contributed by atoms with E-state index in [0.717, 1.165) is 44.3 Å². The lowest BCUT2D eigenvalue weighted by Crippen LogP contribution is -2.18. The number of aromatic amines is 1. The van der Waals surface area contributed by atoms with E-state index in [1.165, 1.54) is 38.9 Å². The summed E-state index contributed by atoms with van der Waals surface area (Å²) < 4.78 is 22.7. The van der Waals surface area contributed by atoms with Gasteiger partial charge in [0.15, 0.2) is 0 Å². The monoisotopic (exact) mass is 475 g/mol. The molecule has 6 heteroatoms. The van der Waals surface area contributed by atoms with Gasteiger partial charge in [0, 0.05) is 16.6 Å². The third-order valence-electron chi connectivity index (χ3n) is 6.20. The van der Waals surface area contributed by atoms with Crippen LogP contribution in [0.5, 0.6) is 0 Å². The number of nitrogens with one attached hydrogen (secondary N) is 2. The average molecular weight is 476 g/mol. The van der Waals surface area contributed by atoms with E-state index in [1.807, 2.05) is 12.1 Å². The van der Waals surface area contributed by atoms with Crippen LogP contribution in [0.1, 0.15) is 35.1 Å². The zero-order valence-corrected chi connectivity index (χ0v) is 20.7. The molecular formula is C28H33N3O2S. The molecule has 4 aromatic rings. The van der Waals surface area contributed by atoms with Gasteiger partial charge in [-0.15, -0.1) is 0 Å². The van der Waals surface area contributed by atoms with E-state index >= 15 is 0 Å². The fourth-order valence-electron chi connectivity index (χ4n) is 4.59. The quantitative estimate of drug-likeness (QED) is 0.274. The van der Waals surface area contributed by atoms with Gasteiger partial charge in [0.05, 0.1) is 4.90 Å². The van der Waals surface area contributed by atoms with Gasteiger partial charge in [-0.25, -0.2) is 13.6 Å². The number of primary sulfonamides is 1. The third kappa shape index (κ3) is 5.95. The van der Waals surface area contributed by atoms with E-state index in [-0.39, 0.29) is 4.90 Å². The molecule has 0 amide bonds. The van der Waals surface area contributed by atoms with Crippen LogP contribution in [0.2, 0.25) is 0 Å². The minimum atomic E-state index is -3.63. The summed E-state index contributed by atoms with van der Waals surface area (Å²) in [5, 5.41) is 10.0. The van der Waals surface area contributed by atoms with E-state index in [9.17, 15) is 8.42 Å². The summed E-state index contributed by atoms with van der Waals surface area (Å²) >= 11 is 0. The predicted octanol–water partition coefficient (Wildman–Crippen LogP) is 5.25. The van der Waals surface area contributed by atoms with E-state index in [4.69, 9.17) is 5.14 Å². The molecule has 0 saturated carbocycles. The summed E-state index contributed by atoms with van der Waals surface area (Å²) in [7, 11) is -3.63. The van der Waals surface area contributed by atoms with E-state index in [0.29, 0.717) is 0 Å². The second-order valence-corrected chi connectivity index (χ2v) is 10.6. The van der Waals surface area contributed by atoms with Crippen molar-refractivity contribution in [1.29, 1.82) is 0 Å². The van der Waals surface area contributed by atoms with Crippen LogP contribution in [0.3, 0.4) is 0 Å². The molecule has 178 valence electrons. The number of hydrogen-bond acceptors (Lipinski definition) is 3. The highest BCUT2D eigenvalue weighted by molar-refractivity contribution is 7.89. The molecule has 0 aliphatic carbocycles. The predicted molar refractivity (Wildman–Crippen MR) is 141 cm³/mol. The van der Waals surface area contributed by atoms with Crippen LogP contribution in [0.4, 0.5) is 0 Å². The second-order valence-electron chi connectivity index (χ2n) is 9.05. The van der Waals surface area contributed by atoms with Crippen molar-refractivity contribution >= 4 is 20.9 Å². The maximum atomic E-state index is 11.4. The van der Waals surface area contributed by atoms with Gasteiger partial charge in [0.25, 0.3) is 0 Å². The van der Waals surface area contributed by atoms with Crippen molar-refractivity contribution in [3.8, 4) is 11.3 Å². The van der Waals surface area contributed by atoms with Gasteiger partial charge < -0.3 is 10.3 Å². The zero-order valence-electron chi connectivity index (χ0n) is 19.9. The molecule has 0 fully saturated rings. The first-order valence-corrected chi connectivity index (χ1v) is 13.4. The Bertz CT molecular complexity index is 1350. The normalized spacial score (nSPS) is 11.9. The molecular weight excluding hydrogens is 442 g/mol. The third-order valence-corrected chi connectivity index (χ3v) is 7.13. The molecule has 4 rings (SSSR count). The first-order chi connectivity index (χ1) is 16.3.